The van der Waals surface area contributed by atoms with E-state index in [0.717, 1.165) is 6.26 Å². The first kappa shape index (κ1) is 16.1. The second-order valence-corrected chi connectivity index (χ2v) is 4.46. The third-order valence-electron chi connectivity index (χ3n) is 2.91. The van der Waals surface area contributed by atoms with Gasteiger partial charge in [-0.05, 0) is 6.07 Å². The van der Waals surface area contributed by atoms with Crippen molar-refractivity contribution >= 4 is 28.7 Å². The topological polar surface area (TPSA) is 125 Å². The molecule has 0 bridgehead atoms. The number of rotatable bonds is 6. The van der Waals surface area contributed by atoms with E-state index in [2.05, 4.69) is 31.9 Å². The summed E-state index contributed by atoms with van der Waals surface area (Å²) in [5.41, 5.74) is 1.11. The molecule has 9 heteroatoms. The standard InChI is InChI=1S/C14H16N4O5/c1-3-23-12(19)4-5-15-13(20)18-10-6-8-9(7-11(10)22-2)17-14(21)16-8/h3,6-7H,1,4-5H2,2H3,(H2,15,18,20)(H2,16,17,21). The number of amides is 2. The van der Waals surface area contributed by atoms with Crippen molar-refractivity contribution in [1.82, 2.24) is 15.3 Å². The molecule has 0 fully saturated rings. The largest absolute Gasteiger partial charge is 0.494 e. The summed E-state index contributed by atoms with van der Waals surface area (Å²) in [6, 6.07) is 2.63. The number of carbonyl (C=O) groups is 2. The lowest BCUT2D eigenvalue weighted by Crippen LogP contribution is -2.30. The van der Waals surface area contributed by atoms with E-state index in [1.165, 1.54) is 7.11 Å². The number of anilines is 1. The minimum absolute atomic E-state index is 0.0146. The molecule has 1 aromatic carbocycles. The maximum atomic E-state index is 11.8. The molecule has 2 rings (SSSR count). The van der Waals surface area contributed by atoms with E-state index < -0.39 is 12.0 Å². The van der Waals surface area contributed by atoms with Crippen LogP contribution in [0.4, 0.5) is 10.5 Å². The molecule has 9 nitrogen and oxygen atoms in total. The molecule has 0 saturated heterocycles. The maximum absolute atomic E-state index is 11.8. The van der Waals surface area contributed by atoms with Crippen LogP contribution in [0.2, 0.25) is 0 Å². The number of nitrogens with one attached hydrogen (secondary N) is 4. The number of imidazole rings is 1. The monoisotopic (exact) mass is 320 g/mol. The molecule has 0 aliphatic rings. The van der Waals surface area contributed by atoms with E-state index in [1.807, 2.05) is 0 Å². The normalized spacial score (nSPS) is 10.1. The number of hydrogen-bond donors (Lipinski definition) is 4. The lowest BCUT2D eigenvalue weighted by Gasteiger charge is -2.11. The number of benzene rings is 1. The van der Waals surface area contributed by atoms with E-state index >= 15 is 0 Å². The van der Waals surface area contributed by atoms with Crippen molar-refractivity contribution in [2.75, 3.05) is 19.0 Å². The Hall–Kier alpha value is -3.23. The van der Waals surface area contributed by atoms with Crippen molar-refractivity contribution < 1.29 is 19.1 Å². The van der Waals surface area contributed by atoms with Gasteiger partial charge in [0.15, 0.2) is 0 Å². The van der Waals surface area contributed by atoms with Gasteiger partial charge >= 0.3 is 17.7 Å². The zero-order valence-corrected chi connectivity index (χ0v) is 12.4. The molecule has 0 aliphatic heterocycles. The van der Waals surface area contributed by atoms with E-state index in [4.69, 9.17) is 4.74 Å². The van der Waals surface area contributed by atoms with Gasteiger partial charge in [-0.3, -0.25) is 4.79 Å². The summed E-state index contributed by atoms with van der Waals surface area (Å²) in [5, 5.41) is 5.09. The average Bonchev–Trinajstić information content (AvgIpc) is 2.85. The molecule has 122 valence electrons. The predicted octanol–water partition coefficient (Wildman–Crippen LogP) is 1.06. The number of hydrogen-bond acceptors (Lipinski definition) is 5. The first-order valence-electron chi connectivity index (χ1n) is 6.68. The zero-order chi connectivity index (χ0) is 16.8. The number of carbonyl (C=O) groups excluding carboxylic acids is 2. The number of ether oxygens (including phenoxy) is 2. The first-order chi connectivity index (χ1) is 11.0. The molecule has 2 amide bonds. The van der Waals surface area contributed by atoms with E-state index in [-0.39, 0.29) is 18.7 Å². The Labute approximate surface area is 130 Å². The molecule has 0 unspecified atom stereocenters. The fraction of sp³-hybridized carbons (Fsp3) is 0.214. The van der Waals surface area contributed by atoms with Crippen LogP contribution in [0.1, 0.15) is 6.42 Å². The molecule has 0 radical (unpaired) electrons. The van der Waals surface area contributed by atoms with Gasteiger partial charge in [0.05, 0.1) is 36.5 Å². The Morgan fingerprint density at radius 3 is 2.65 bits per heavy atom. The Morgan fingerprint density at radius 2 is 2.00 bits per heavy atom. The van der Waals surface area contributed by atoms with Gasteiger partial charge in [0.25, 0.3) is 0 Å². The Bertz CT molecular complexity index is 792. The highest BCUT2D eigenvalue weighted by Gasteiger charge is 2.11. The summed E-state index contributed by atoms with van der Waals surface area (Å²) < 4.78 is 9.70. The van der Waals surface area contributed by atoms with Crippen LogP contribution in [-0.4, -0.2) is 35.6 Å². The summed E-state index contributed by atoms with van der Waals surface area (Å²) in [5.74, 6) is -0.113. The SMILES string of the molecule is C=COC(=O)CCNC(=O)Nc1cc2[nH]c(=O)[nH]c2cc1OC. The molecule has 1 heterocycles. The molecule has 0 spiro atoms. The third-order valence-corrected chi connectivity index (χ3v) is 2.91. The van der Waals surface area contributed by atoms with Gasteiger partial charge in [-0.25, -0.2) is 9.59 Å². The second-order valence-electron chi connectivity index (χ2n) is 4.46. The molecule has 0 atom stereocenters. The average molecular weight is 320 g/mol. The van der Waals surface area contributed by atoms with Crippen LogP contribution < -0.4 is 21.1 Å². The van der Waals surface area contributed by atoms with E-state index in [0.29, 0.717) is 22.5 Å². The quantitative estimate of drug-likeness (QED) is 0.468. The number of fused-ring (bicyclic) bond motifs is 1. The van der Waals surface area contributed by atoms with Crippen LogP contribution >= 0.6 is 0 Å². The van der Waals surface area contributed by atoms with Crippen LogP contribution in [-0.2, 0) is 9.53 Å². The van der Waals surface area contributed by atoms with Gasteiger partial charge in [0, 0.05) is 12.6 Å². The minimum atomic E-state index is -0.521. The van der Waals surface area contributed by atoms with Crippen molar-refractivity contribution in [3.05, 3.63) is 35.5 Å². The summed E-state index contributed by atoms with van der Waals surface area (Å²) >= 11 is 0. The fourth-order valence-electron chi connectivity index (χ4n) is 1.93. The van der Waals surface area contributed by atoms with Crippen molar-refractivity contribution in [3.63, 3.8) is 0 Å². The number of esters is 1. The predicted molar refractivity (Wildman–Crippen MR) is 83.4 cm³/mol. The van der Waals surface area contributed by atoms with Crippen LogP contribution in [0.3, 0.4) is 0 Å². The number of methoxy groups -OCH3 is 1. The van der Waals surface area contributed by atoms with Crippen molar-refractivity contribution in [2.24, 2.45) is 0 Å². The molecule has 0 saturated carbocycles. The van der Waals surface area contributed by atoms with Crippen LogP contribution in [0.5, 0.6) is 5.75 Å². The van der Waals surface area contributed by atoms with Gasteiger partial charge in [-0.2, -0.15) is 0 Å². The third kappa shape index (κ3) is 4.13. The van der Waals surface area contributed by atoms with Gasteiger partial charge in [-0.15, -0.1) is 0 Å². The Morgan fingerprint density at radius 1 is 1.30 bits per heavy atom. The fourth-order valence-corrected chi connectivity index (χ4v) is 1.93. The maximum Gasteiger partial charge on any atom is 0.323 e. The lowest BCUT2D eigenvalue weighted by molar-refractivity contribution is -0.137. The highest BCUT2D eigenvalue weighted by atomic mass is 16.5. The van der Waals surface area contributed by atoms with Gasteiger partial charge in [-0.1, -0.05) is 6.58 Å². The Kier molecular flexibility index (Phi) is 5.03. The molecular weight excluding hydrogens is 304 g/mol. The first-order valence-corrected chi connectivity index (χ1v) is 6.68. The summed E-state index contributed by atoms with van der Waals surface area (Å²) in [4.78, 5) is 39.4. The molecular formula is C14H16N4O5. The van der Waals surface area contributed by atoms with Crippen molar-refractivity contribution in [1.29, 1.82) is 0 Å². The van der Waals surface area contributed by atoms with Gasteiger partial charge < -0.3 is 30.1 Å². The Balaban J connectivity index is 2.02. The molecule has 1 aromatic heterocycles. The number of urea groups is 1. The van der Waals surface area contributed by atoms with Crippen molar-refractivity contribution in [2.45, 2.75) is 6.42 Å². The number of H-pyrrole nitrogens is 2. The van der Waals surface area contributed by atoms with Crippen molar-refractivity contribution in [3.8, 4) is 5.75 Å². The minimum Gasteiger partial charge on any atom is -0.494 e. The van der Waals surface area contributed by atoms with E-state index in [1.54, 1.807) is 12.1 Å². The number of aromatic nitrogens is 2. The molecule has 23 heavy (non-hydrogen) atoms. The number of aromatic amines is 2. The second kappa shape index (κ2) is 7.16. The smallest absolute Gasteiger partial charge is 0.323 e. The van der Waals surface area contributed by atoms with Crippen LogP contribution in [0, 0.1) is 0 Å². The highest BCUT2D eigenvalue weighted by molar-refractivity contribution is 5.94. The summed E-state index contributed by atoms with van der Waals surface area (Å²) in [6.07, 6.45) is 1.04. The lowest BCUT2D eigenvalue weighted by atomic mass is 10.2. The van der Waals surface area contributed by atoms with Gasteiger partial charge in [0.1, 0.15) is 5.75 Å². The molecule has 0 aliphatic carbocycles. The van der Waals surface area contributed by atoms with Crippen LogP contribution in [0.15, 0.2) is 29.8 Å². The van der Waals surface area contributed by atoms with Gasteiger partial charge in [0.2, 0.25) is 0 Å². The molecule has 2 aromatic rings. The zero-order valence-electron chi connectivity index (χ0n) is 12.4. The summed E-state index contributed by atoms with van der Waals surface area (Å²) in [7, 11) is 1.44. The summed E-state index contributed by atoms with van der Waals surface area (Å²) in [6.45, 7) is 3.36. The highest BCUT2D eigenvalue weighted by Crippen LogP contribution is 2.28. The molecule has 4 N–H and O–H groups in total. The van der Waals surface area contributed by atoms with E-state index in [9.17, 15) is 14.4 Å². The van der Waals surface area contributed by atoms with Crippen LogP contribution in [0.25, 0.3) is 11.0 Å².